The van der Waals surface area contributed by atoms with Gasteiger partial charge in [-0.2, -0.15) is 0 Å². The molecule has 3 atom stereocenters. The summed E-state index contributed by atoms with van der Waals surface area (Å²) in [5.41, 5.74) is 5.67. The summed E-state index contributed by atoms with van der Waals surface area (Å²) in [7, 11) is 1.59. The van der Waals surface area contributed by atoms with Crippen molar-refractivity contribution in [3.05, 3.63) is 94.5 Å². The van der Waals surface area contributed by atoms with Crippen LogP contribution < -0.4 is 14.8 Å². The predicted molar refractivity (Wildman–Crippen MR) is 136 cm³/mol. The molecule has 0 bridgehead atoms. The second-order valence-electron chi connectivity index (χ2n) is 8.38. The maximum absolute atomic E-state index is 6.36. The Hall–Kier alpha value is -3.24. The molecule has 1 heterocycles. The van der Waals surface area contributed by atoms with Crippen LogP contribution in [-0.4, -0.2) is 19.9 Å². The molecule has 0 saturated heterocycles. The SMILES string of the molecule is CCOc1cc(C=Nc2ccc([C@@H]3Nc4ccccc4[C@@H]4C=CC[C@H]43)cc2)cc(Cl)c1OC. The molecule has 0 aromatic heterocycles. The number of para-hydroxylation sites is 1. The van der Waals surface area contributed by atoms with Crippen molar-refractivity contribution in [1.82, 2.24) is 0 Å². The molecular formula is C28H27ClN2O2. The molecule has 0 amide bonds. The van der Waals surface area contributed by atoms with Crippen LogP contribution in [0.25, 0.3) is 0 Å². The van der Waals surface area contributed by atoms with E-state index >= 15 is 0 Å². The molecule has 3 aromatic carbocycles. The summed E-state index contributed by atoms with van der Waals surface area (Å²) in [5.74, 6) is 2.17. The Kier molecular flexibility index (Phi) is 6.10. The molecule has 3 aromatic rings. The third-order valence-corrected chi connectivity index (χ3v) is 6.70. The minimum atomic E-state index is 0.284. The zero-order valence-electron chi connectivity index (χ0n) is 18.8. The molecular weight excluding hydrogens is 432 g/mol. The van der Waals surface area contributed by atoms with Gasteiger partial charge < -0.3 is 14.8 Å². The molecule has 168 valence electrons. The fourth-order valence-corrected chi connectivity index (χ4v) is 5.21. The van der Waals surface area contributed by atoms with Gasteiger partial charge in [0.1, 0.15) is 0 Å². The number of hydrogen-bond donors (Lipinski definition) is 1. The number of halogens is 1. The first-order chi connectivity index (χ1) is 16.2. The molecule has 5 rings (SSSR count). The molecule has 0 radical (unpaired) electrons. The van der Waals surface area contributed by atoms with Gasteiger partial charge in [-0.25, -0.2) is 0 Å². The highest BCUT2D eigenvalue weighted by Gasteiger charge is 2.37. The number of benzene rings is 3. The molecule has 2 aliphatic rings. The Bertz CT molecular complexity index is 1200. The van der Waals surface area contributed by atoms with Gasteiger partial charge in [-0.05, 0) is 66.3 Å². The van der Waals surface area contributed by atoms with E-state index in [1.807, 2.05) is 19.1 Å². The van der Waals surface area contributed by atoms with Gasteiger partial charge in [0.25, 0.3) is 0 Å². The van der Waals surface area contributed by atoms with Gasteiger partial charge >= 0.3 is 0 Å². The van der Waals surface area contributed by atoms with Crippen LogP contribution in [0.4, 0.5) is 11.4 Å². The predicted octanol–water partition coefficient (Wildman–Crippen LogP) is 7.32. The highest BCUT2D eigenvalue weighted by molar-refractivity contribution is 6.32. The summed E-state index contributed by atoms with van der Waals surface area (Å²) in [4.78, 5) is 4.65. The molecule has 0 spiro atoms. The molecule has 0 saturated carbocycles. The van der Waals surface area contributed by atoms with E-state index in [4.69, 9.17) is 21.1 Å². The smallest absolute Gasteiger partial charge is 0.179 e. The highest BCUT2D eigenvalue weighted by Crippen LogP contribution is 2.49. The Balaban J connectivity index is 1.36. The number of anilines is 1. The Morgan fingerprint density at radius 3 is 2.73 bits per heavy atom. The van der Waals surface area contributed by atoms with E-state index < -0.39 is 0 Å². The van der Waals surface area contributed by atoms with Gasteiger partial charge in [0.2, 0.25) is 0 Å². The summed E-state index contributed by atoms with van der Waals surface area (Å²) in [5, 5.41) is 4.28. The number of nitrogens with one attached hydrogen (secondary N) is 1. The number of rotatable bonds is 6. The quantitative estimate of drug-likeness (QED) is 0.310. The number of allylic oxidation sites excluding steroid dienone is 2. The minimum absolute atomic E-state index is 0.284. The molecule has 5 heteroatoms. The van der Waals surface area contributed by atoms with Crippen molar-refractivity contribution >= 4 is 29.2 Å². The van der Waals surface area contributed by atoms with Crippen molar-refractivity contribution in [2.45, 2.75) is 25.3 Å². The van der Waals surface area contributed by atoms with Crippen molar-refractivity contribution in [3.8, 4) is 11.5 Å². The zero-order valence-corrected chi connectivity index (χ0v) is 19.5. The van der Waals surface area contributed by atoms with Crippen molar-refractivity contribution in [1.29, 1.82) is 0 Å². The van der Waals surface area contributed by atoms with E-state index in [1.165, 1.54) is 16.8 Å². The van der Waals surface area contributed by atoms with Crippen LogP contribution in [0.3, 0.4) is 0 Å². The maximum atomic E-state index is 6.36. The zero-order chi connectivity index (χ0) is 22.8. The fourth-order valence-electron chi connectivity index (χ4n) is 4.91. The second-order valence-corrected chi connectivity index (χ2v) is 8.79. The average Bonchev–Trinajstić information content (AvgIpc) is 3.33. The van der Waals surface area contributed by atoms with Crippen molar-refractivity contribution in [2.75, 3.05) is 19.0 Å². The first-order valence-electron chi connectivity index (χ1n) is 11.3. The lowest BCUT2D eigenvalue weighted by Gasteiger charge is -2.37. The summed E-state index contributed by atoms with van der Waals surface area (Å²) < 4.78 is 11.0. The van der Waals surface area contributed by atoms with Crippen molar-refractivity contribution in [3.63, 3.8) is 0 Å². The molecule has 4 nitrogen and oxygen atoms in total. The third-order valence-electron chi connectivity index (χ3n) is 6.42. The van der Waals surface area contributed by atoms with E-state index in [0.29, 0.717) is 35.0 Å². The number of nitrogens with zero attached hydrogens (tertiary/aromatic N) is 1. The first-order valence-corrected chi connectivity index (χ1v) is 11.7. The van der Waals surface area contributed by atoms with Crippen LogP contribution in [0.5, 0.6) is 11.5 Å². The van der Waals surface area contributed by atoms with Gasteiger partial charge in [0, 0.05) is 17.8 Å². The molecule has 1 N–H and O–H groups in total. The van der Waals surface area contributed by atoms with E-state index in [1.54, 1.807) is 13.3 Å². The number of methoxy groups -OCH3 is 1. The van der Waals surface area contributed by atoms with Gasteiger partial charge in [0.15, 0.2) is 11.5 Å². The summed E-state index contributed by atoms with van der Waals surface area (Å²) in [6.07, 6.45) is 7.58. The standard InChI is InChI=1S/C28H27ClN2O2/c1-3-33-26-16-18(15-24(29)28(26)32-2)17-30-20-13-11-19(12-14-20)27-23-9-6-8-21(23)22-7-4-5-10-25(22)31-27/h4-8,10-17,21,23,27,31H,3,9H2,1-2H3/t21-,23+,27-/m0/s1. The Morgan fingerprint density at radius 1 is 1.12 bits per heavy atom. The number of fused-ring (bicyclic) bond motifs is 3. The number of aliphatic imine (C=N–C) groups is 1. The first kappa shape index (κ1) is 21.6. The van der Waals surface area contributed by atoms with Crippen LogP contribution in [0.2, 0.25) is 5.02 Å². The van der Waals surface area contributed by atoms with Crippen LogP contribution in [0.1, 0.15) is 42.0 Å². The van der Waals surface area contributed by atoms with Crippen LogP contribution >= 0.6 is 11.6 Å². The van der Waals surface area contributed by atoms with Crippen LogP contribution in [0.15, 0.2) is 77.8 Å². The highest BCUT2D eigenvalue weighted by atomic mass is 35.5. The van der Waals surface area contributed by atoms with Crippen LogP contribution in [0, 0.1) is 5.92 Å². The van der Waals surface area contributed by atoms with Crippen molar-refractivity contribution < 1.29 is 9.47 Å². The summed E-state index contributed by atoms with van der Waals surface area (Å²) in [6, 6.07) is 21.2. The van der Waals surface area contributed by atoms with Gasteiger partial charge in [-0.15, -0.1) is 0 Å². The topological polar surface area (TPSA) is 42.8 Å². The lowest BCUT2D eigenvalue weighted by atomic mass is 9.77. The number of hydrogen-bond acceptors (Lipinski definition) is 4. The summed E-state index contributed by atoms with van der Waals surface area (Å²) >= 11 is 6.36. The minimum Gasteiger partial charge on any atom is -0.491 e. The normalized spacial score (nSPS) is 20.9. The average molecular weight is 459 g/mol. The molecule has 1 aliphatic heterocycles. The summed E-state index contributed by atoms with van der Waals surface area (Å²) in [6.45, 7) is 2.46. The van der Waals surface area contributed by atoms with E-state index in [9.17, 15) is 0 Å². The maximum Gasteiger partial charge on any atom is 0.179 e. The lowest BCUT2D eigenvalue weighted by molar-refractivity contribution is 0.311. The van der Waals surface area contributed by atoms with E-state index in [0.717, 1.165) is 17.7 Å². The van der Waals surface area contributed by atoms with Crippen LogP contribution in [-0.2, 0) is 0 Å². The number of ether oxygens (including phenoxy) is 2. The van der Waals surface area contributed by atoms with Gasteiger partial charge in [-0.3, -0.25) is 4.99 Å². The molecule has 0 fully saturated rings. The third kappa shape index (κ3) is 4.23. The molecule has 33 heavy (non-hydrogen) atoms. The second kappa shape index (κ2) is 9.32. The Labute approximate surface area is 199 Å². The van der Waals surface area contributed by atoms with Crippen molar-refractivity contribution in [2.24, 2.45) is 10.9 Å². The van der Waals surface area contributed by atoms with E-state index in [2.05, 4.69) is 71.0 Å². The molecule has 1 aliphatic carbocycles. The van der Waals surface area contributed by atoms with E-state index in [-0.39, 0.29) is 6.04 Å². The van der Waals surface area contributed by atoms with Gasteiger partial charge in [0.05, 0.1) is 30.5 Å². The molecule has 0 unspecified atom stereocenters. The monoisotopic (exact) mass is 458 g/mol. The largest absolute Gasteiger partial charge is 0.491 e. The lowest BCUT2D eigenvalue weighted by Crippen LogP contribution is -2.28. The fraction of sp³-hybridized carbons (Fsp3) is 0.250. The Morgan fingerprint density at radius 2 is 1.94 bits per heavy atom. The van der Waals surface area contributed by atoms with Gasteiger partial charge in [-0.1, -0.05) is 54.1 Å².